The molecular weight excluding hydrogens is 292 g/mol. The van der Waals surface area contributed by atoms with Crippen LogP contribution in [-0.4, -0.2) is 58.4 Å². The van der Waals surface area contributed by atoms with Crippen molar-refractivity contribution in [3.63, 3.8) is 0 Å². The van der Waals surface area contributed by atoms with Gasteiger partial charge < -0.3 is 14.7 Å². The summed E-state index contributed by atoms with van der Waals surface area (Å²) in [6.07, 6.45) is 5.08. The van der Waals surface area contributed by atoms with Gasteiger partial charge in [-0.05, 0) is 18.4 Å². The van der Waals surface area contributed by atoms with E-state index >= 15 is 0 Å². The van der Waals surface area contributed by atoms with Crippen molar-refractivity contribution in [1.29, 1.82) is 5.26 Å². The van der Waals surface area contributed by atoms with Crippen LogP contribution in [0.4, 0.5) is 5.82 Å². The van der Waals surface area contributed by atoms with Gasteiger partial charge in [0.05, 0.1) is 11.5 Å². The van der Waals surface area contributed by atoms with Gasteiger partial charge in [0.2, 0.25) is 0 Å². The van der Waals surface area contributed by atoms with E-state index in [0.29, 0.717) is 12.5 Å². The van der Waals surface area contributed by atoms with E-state index in [-0.39, 0.29) is 6.04 Å². The summed E-state index contributed by atoms with van der Waals surface area (Å²) in [5, 5.41) is 10.1. The summed E-state index contributed by atoms with van der Waals surface area (Å²) < 4.78 is 0. The molecule has 1 aliphatic rings. The number of piperidine rings is 1. The van der Waals surface area contributed by atoms with Crippen LogP contribution in [0.1, 0.15) is 13.3 Å². The fourth-order valence-corrected chi connectivity index (χ4v) is 3.33. The molecule has 0 radical (unpaired) electrons. The minimum atomic E-state index is -0.670. The number of aromatic amines is 1. The quantitative estimate of drug-likeness (QED) is 0.853. The molecule has 2 aromatic rings. The number of likely N-dealkylation sites (N-methyl/N-ethyl adjacent to an activating group) is 1. The van der Waals surface area contributed by atoms with Gasteiger partial charge >= 0.3 is 0 Å². The highest BCUT2D eigenvalue weighted by atomic mass is 16.1. The molecular formula is C16H20N6O. The zero-order chi connectivity index (χ0) is 16.4. The molecule has 3 rings (SSSR count). The van der Waals surface area contributed by atoms with Gasteiger partial charge in [-0.2, -0.15) is 5.26 Å². The van der Waals surface area contributed by atoms with E-state index in [9.17, 15) is 4.79 Å². The normalized spacial score (nSPS) is 23.3. The molecule has 7 nitrogen and oxygen atoms in total. The van der Waals surface area contributed by atoms with Crippen LogP contribution in [0.2, 0.25) is 0 Å². The van der Waals surface area contributed by atoms with E-state index < -0.39 is 6.04 Å². The zero-order valence-corrected chi connectivity index (χ0v) is 13.3. The number of aromatic nitrogens is 3. The molecule has 120 valence electrons. The number of likely N-dealkylation sites (tertiary alicyclic amines) is 1. The third-order valence-electron chi connectivity index (χ3n) is 4.77. The fourth-order valence-electron chi connectivity index (χ4n) is 3.33. The number of nitrogens with one attached hydrogen (secondary N) is 1. The number of nitriles is 1. The molecule has 1 saturated heterocycles. The lowest BCUT2D eigenvalue weighted by molar-refractivity contribution is -0.111. The number of nitrogens with zero attached hydrogens (tertiary/aromatic N) is 5. The van der Waals surface area contributed by atoms with Gasteiger partial charge in [-0.15, -0.1) is 0 Å². The Morgan fingerprint density at radius 1 is 1.57 bits per heavy atom. The van der Waals surface area contributed by atoms with E-state index in [1.54, 1.807) is 6.33 Å². The molecule has 3 heterocycles. The first-order valence-electron chi connectivity index (χ1n) is 7.75. The van der Waals surface area contributed by atoms with Crippen LogP contribution >= 0.6 is 0 Å². The fraction of sp³-hybridized carbons (Fsp3) is 0.500. The average Bonchev–Trinajstić information content (AvgIpc) is 3.05. The lowest BCUT2D eigenvalue weighted by Gasteiger charge is -2.42. The number of carbonyl (C=O) groups excluding carboxylic acids is 1. The molecule has 3 unspecified atom stereocenters. The standard InChI is InChI=1S/C16H20N6O/c1-11-4-6-22(12(7-17)9-23)8-14(11)21(2)16-13-3-5-18-15(13)19-10-20-16/h3,5,9-12,14H,4,6,8H2,1-2H3,(H,18,19,20). The van der Waals surface area contributed by atoms with Crippen molar-refractivity contribution in [3.05, 3.63) is 18.6 Å². The largest absolute Gasteiger partial charge is 0.354 e. The molecule has 3 atom stereocenters. The number of H-pyrrole nitrogens is 1. The first-order valence-corrected chi connectivity index (χ1v) is 7.75. The Balaban J connectivity index is 1.88. The van der Waals surface area contributed by atoms with Crippen LogP contribution in [0.3, 0.4) is 0 Å². The SMILES string of the molecule is CC1CCN(C(C#N)C=O)CC1N(C)c1ncnc2[nH]ccc12. The van der Waals surface area contributed by atoms with Crippen molar-refractivity contribution in [2.24, 2.45) is 5.92 Å². The predicted molar refractivity (Wildman–Crippen MR) is 86.9 cm³/mol. The Bertz CT molecular complexity index is 735. The van der Waals surface area contributed by atoms with Gasteiger partial charge in [0.15, 0.2) is 12.3 Å². The van der Waals surface area contributed by atoms with E-state index in [1.807, 2.05) is 24.2 Å². The Kier molecular flexibility index (Phi) is 4.26. The number of anilines is 1. The van der Waals surface area contributed by atoms with Crippen molar-refractivity contribution >= 4 is 23.1 Å². The highest BCUT2D eigenvalue weighted by molar-refractivity contribution is 5.87. The van der Waals surface area contributed by atoms with Gasteiger partial charge in [-0.3, -0.25) is 4.90 Å². The Morgan fingerprint density at radius 2 is 2.39 bits per heavy atom. The first-order chi connectivity index (χ1) is 11.2. The third kappa shape index (κ3) is 2.78. The number of carbonyl (C=O) groups is 1. The van der Waals surface area contributed by atoms with E-state index in [2.05, 4.69) is 32.8 Å². The van der Waals surface area contributed by atoms with E-state index in [0.717, 1.165) is 36.1 Å². The molecule has 0 amide bonds. The molecule has 0 bridgehead atoms. The van der Waals surface area contributed by atoms with Crippen molar-refractivity contribution in [2.45, 2.75) is 25.4 Å². The monoisotopic (exact) mass is 312 g/mol. The highest BCUT2D eigenvalue weighted by Crippen LogP contribution is 2.28. The molecule has 0 spiro atoms. The van der Waals surface area contributed by atoms with E-state index in [4.69, 9.17) is 5.26 Å². The Labute approximate surface area is 134 Å². The van der Waals surface area contributed by atoms with Gasteiger partial charge in [-0.1, -0.05) is 6.92 Å². The maximum Gasteiger partial charge on any atom is 0.154 e. The second-order valence-corrected chi connectivity index (χ2v) is 6.09. The Morgan fingerprint density at radius 3 is 3.13 bits per heavy atom. The molecule has 2 aromatic heterocycles. The van der Waals surface area contributed by atoms with Crippen LogP contribution in [0.5, 0.6) is 0 Å². The van der Waals surface area contributed by atoms with Gasteiger partial charge in [0, 0.05) is 32.4 Å². The maximum atomic E-state index is 11.1. The first kappa shape index (κ1) is 15.4. The second kappa shape index (κ2) is 6.34. The summed E-state index contributed by atoms with van der Waals surface area (Å²) >= 11 is 0. The third-order valence-corrected chi connectivity index (χ3v) is 4.77. The molecule has 23 heavy (non-hydrogen) atoms. The molecule has 0 saturated carbocycles. The minimum absolute atomic E-state index is 0.188. The minimum Gasteiger partial charge on any atom is -0.354 e. The number of hydrogen-bond acceptors (Lipinski definition) is 6. The summed E-state index contributed by atoms with van der Waals surface area (Å²) in [4.78, 5) is 27.0. The van der Waals surface area contributed by atoms with Crippen LogP contribution in [0.15, 0.2) is 18.6 Å². The number of hydrogen-bond donors (Lipinski definition) is 1. The van der Waals surface area contributed by atoms with Crippen LogP contribution < -0.4 is 4.90 Å². The summed E-state index contributed by atoms with van der Waals surface area (Å²) in [6, 6.07) is 3.56. The summed E-state index contributed by atoms with van der Waals surface area (Å²) in [7, 11) is 2.02. The number of fused-ring (bicyclic) bond motifs is 1. The van der Waals surface area contributed by atoms with Crippen LogP contribution in [0.25, 0.3) is 11.0 Å². The molecule has 7 heteroatoms. The van der Waals surface area contributed by atoms with E-state index in [1.165, 1.54) is 0 Å². The topological polar surface area (TPSA) is 88.9 Å². The molecule has 1 N–H and O–H groups in total. The van der Waals surface area contributed by atoms with Crippen LogP contribution in [0, 0.1) is 17.2 Å². The summed E-state index contributed by atoms with van der Waals surface area (Å²) in [6.45, 7) is 3.65. The zero-order valence-electron chi connectivity index (χ0n) is 13.3. The average molecular weight is 312 g/mol. The van der Waals surface area contributed by atoms with Crippen molar-refractivity contribution in [3.8, 4) is 6.07 Å². The van der Waals surface area contributed by atoms with Gasteiger partial charge in [0.1, 0.15) is 17.8 Å². The predicted octanol–water partition coefficient (Wildman–Crippen LogP) is 1.20. The summed E-state index contributed by atoms with van der Waals surface area (Å²) in [5.41, 5.74) is 0.810. The lowest BCUT2D eigenvalue weighted by Crippen LogP contribution is -2.54. The van der Waals surface area contributed by atoms with Crippen molar-refractivity contribution in [1.82, 2.24) is 19.9 Å². The van der Waals surface area contributed by atoms with Crippen molar-refractivity contribution in [2.75, 3.05) is 25.0 Å². The maximum absolute atomic E-state index is 11.1. The van der Waals surface area contributed by atoms with Crippen molar-refractivity contribution < 1.29 is 4.79 Å². The Hall–Kier alpha value is -2.46. The molecule has 0 aromatic carbocycles. The molecule has 1 fully saturated rings. The second-order valence-electron chi connectivity index (χ2n) is 6.09. The lowest BCUT2D eigenvalue weighted by atomic mass is 9.91. The molecule has 1 aliphatic heterocycles. The van der Waals surface area contributed by atoms with Gasteiger partial charge in [0.25, 0.3) is 0 Å². The molecule has 0 aliphatic carbocycles. The number of rotatable bonds is 4. The van der Waals surface area contributed by atoms with Gasteiger partial charge in [-0.25, -0.2) is 9.97 Å². The highest BCUT2D eigenvalue weighted by Gasteiger charge is 2.33. The van der Waals surface area contributed by atoms with Crippen LogP contribution in [-0.2, 0) is 4.79 Å². The number of aldehydes is 1. The summed E-state index contributed by atoms with van der Waals surface area (Å²) in [5.74, 6) is 1.32. The smallest absolute Gasteiger partial charge is 0.154 e.